The van der Waals surface area contributed by atoms with Gasteiger partial charge in [0, 0.05) is 17.2 Å². The number of benzene rings is 1. The monoisotopic (exact) mass is 344 g/mol. The third-order valence-corrected chi connectivity index (χ3v) is 4.88. The van der Waals surface area contributed by atoms with E-state index < -0.39 is 0 Å². The van der Waals surface area contributed by atoms with E-state index in [4.69, 9.17) is 0 Å². The van der Waals surface area contributed by atoms with Crippen LogP contribution in [0.2, 0.25) is 0 Å². The maximum atomic E-state index is 11.0. The Bertz CT molecular complexity index is 782. The Morgan fingerprint density at radius 2 is 1.96 bits per heavy atom. The average Bonchev–Trinajstić information content (AvgIpc) is 3.21. The van der Waals surface area contributed by atoms with E-state index in [-0.39, 0.29) is 5.91 Å². The molecule has 0 aliphatic rings. The molecule has 1 amide bonds. The van der Waals surface area contributed by atoms with Gasteiger partial charge in [0.1, 0.15) is 0 Å². The van der Waals surface area contributed by atoms with Crippen LogP contribution in [-0.2, 0) is 11.3 Å². The van der Waals surface area contributed by atoms with Gasteiger partial charge in [-0.3, -0.25) is 15.6 Å². The van der Waals surface area contributed by atoms with Gasteiger partial charge >= 0.3 is 0 Å². The zero-order valence-electron chi connectivity index (χ0n) is 12.5. The molecule has 0 saturated heterocycles. The quantitative estimate of drug-likeness (QED) is 0.593. The van der Waals surface area contributed by atoms with Gasteiger partial charge in [-0.15, -0.1) is 22.7 Å². The molecule has 7 heteroatoms. The van der Waals surface area contributed by atoms with E-state index in [0.717, 1.165) is 26.3 Å². The number of nitrogens with one attached hydrogen (secondary N) is 3. The lowest BCUT2D eigenvalue weighted by atomic mass is 10.3. The van der Waals surface area contributed by atoms with Gasteiger partial charge in [-0.2, -0.15) is 0 Å². The second-order valence-electron chi connectivity index (χ2n) is 4.83. The fraction of sp³-hybridized carbons (Fsp3) is 0.125. The van der Waals surface area contributed by atoms with Gasteiger partial charge in [-0.05, 0) is 24.3 Å². The molecule has 2 heterocycles. The number of thiazole rings is 1. The number of nitrogens with zero attached hydrogens (tertiary/aromatic N) is 1. The summed E-state index contributed by atoms with van der Waals surface area (Å²) in [6, 6.07) is 13.9. The van der Waals surface area contributed by atoms with Crippen LogP contribution >= 0.6 is 22.7 Å². The van der Waals surface area contributed by atoms with Gasteiger partial charge in [0.25, 0.3) is 0 Å². The van der Waals surface area contributed by atoms with Gasteiger partial charge in [0.15, 0.2) is 0 Å². The van der Waals surface area contributed by atoms with Crippen LogP contribution < -0.4 is 16.2 Å². The molecule has 1 aromatic carbocycles. The standard InChI is InChI=1S/C16H16N4OS2/c1-11(21)17-9-13-7-8-15(23-13)14-10-22-16(18-14)20-19-12-5-3-2-4-6-12/h2-8,10,19H,9H2,1H3,(H,17,21)(H,18,20). The summed E-state index contributed by atoms with van der Waals surface area (Å²) < 4.78 is 0. The smallest absolute Gasteiger partial charge is 0.217 e. The van der Waals surface area contributed by atoms with Crippen molar-refractivity contribution in [1.82, 2.24) is 10.3 Å². The van der Waals surface area contributed by atoms with Crippen molar-refractivity contribution in [3.8, 4) is 10.6 Å². The summed E-state index contributed by atoms with van der Waals surface area (Å²) in [4.78, 5) is 17.7. The second kappa shape index (κ2) is 7.26. The van der Waals surface area contributed by atoms with Crippen LogP contribution in [0.3, 0.4) is 0 Å². The number of hydrogen-bond donors (Lipinski definition) is 3. The number of hydrazine groups is 1. The molecule has 3 rings (SSSR count). The van der Waals surface area contributed by atoms with Gasteiger partial charge in [-0.1, -0.05) is 18.2 Å². The molecule has 0 fully saturated rings. The molecule has 0 aliphatic heterocycles. The zero-order valence-corrected chi connectivity index (χ0v) is 14.1. The third-order valence-electron chi connectivity index (χ3n) is 3.02. The molecule has 0 radical (unpaired) electrons. The van der Waals surface area contributed by atoms with Crippen LogP contribution in [0.1, 0.15) is 11.8 Å². The van der Waals surface area contributed by atoms with Gasteiger partial charge in [-0.25, -0.2) is 4.98 Å². The maximum absolute atomic E-state index is 11.0. The molecule has 3 N–H and O–H groups in total. The Morgan fingerprint density at radius 1 is 1.13 bits per heavy atom. The Kier molecular flexibility index (Phi) is 4.89. The molecule has 23 heavy (non-hydrogen) atoms. The Morgan fingerprint density at radius 3 is 2.74 bits per heavy atom. The predicted molar refractivity (Wildman–Crippen MR) is 96.6 cm³/mol. The van der Waals surface area contributed by atoms with Crippen molar-refractivity contribution in [2.75, 3.05) is 10.9 Å². The van der Waals surface area contributed by atoms with Crippen molar-refractivity contribution in [2.24, 2.45) is 0 Å². The Balaban J connectivity index is 1.61. The summed E-state index contributed by atoms with van der Waals surface area (Å²) in [6.45, 7) is 2.08. The molecule has 5 nitrogen and oxygen atoms in total. The largest absolute Gasteiger partial charge is 0.351 e. The third kappa shape index (κ3) is 4.30. The van der Waals surface area contributed by atoms with Crippen molar-refractivity contribution < 1.29 is 4.79 Å². The first-order valence-electron chi connectivity index (χ1n) is 7.07. The minimum absolute atomic E-state index is 0.0212. The average molecular weight is 344 g/mol. The lowest BCUT2D eigenvalue weighted by Crippen LogP contribution is -2.17. The van der Waals surface area contributed by atoms with E-state index in [2.05, 4.69) is 21.2 Å². The number of hydrogen-bond acceptors (Lipinski definition) is 6. The summed E-state index contributed by atoms with van der Waals surface area (Å²) in [6.07, 6.45) is 0. The van der Waals surface area contributed by atoms with Crippen molar-refractivity contribution in [3.05, 3.63) is 52.7 Å². The first-order chi connectivity index (χ1) is 11.2. The molecular formula is C16H16N4OS2. The van der Waals surface area contributed by atoms with E-state index in [1.807, 2.05) is 47.8 Å². The minimum atomic E-state index is -0.0212. The minimum Gasteiger partial charge on any atom is -0.351 e. The highest BCUT2D eigenvalue weighted by atomic mass is 32.1. The topological polar surface area (TPSA) is 66.1 Å². The highest BCUT2D eigenvalue weighted by Gasteiger charge is 2.08. The lowest BCUT2D eigenvalue weighted by molar-refractivity contribution is -0.119. The van der Waals surface area contributed by atoms with E-state index >= 15 is 0 Å². The van der Waals surface area contributed by atoms with E-state index in [9.17, 15) is 4.79 Å². The van der Waals surface area contributed by atoms with Crippen LogP contribution in [0.15, 0.2) is 47.8 Å². The number of anilines is 2. The Labute approximate surface area is 142 Å². The maximum Gasteiger partial charge on any atom is 0.217 e. The van der Waals surface area contributed by atoms with Gasteiger partial charge in [0.05, 0.1) is 22.8 Å². The second-order valence-corrected chi connectivity index (χ2v) is 6.86. The Hall–Kier alpha value is -2.38. The van der Waals surface area contributed by atoms with Gasteiger partial charge in [0.2, 0.25) is 11.0 Å². The fourth-order valence-corrected chi connectivity index (χ4v) is 3.56. The highest BCUT2D eigenvalue weighted by molar-refractivity contribution is 7.17. The van der Waals surface area contributed by atoms with Crippen LogP contribution in [0.4, 0.5) is 10.8 Å². The first kappa shape index (κ1) is 15.5. The van der Waals surface area contributed by atoms with Gasteiger partial charge < -0.3 is 5.32 Å². The normalized spacial score (nSPS) is 10.3. The lowest BCUT2D eigenvalue weighted by Gasteiger charge is -2.05. The van der Waals surface area contributed by atoms with E-state index in [1.165, 1.54) is 6.92 Å². The molecular weight excluding hydrogens is 328 g/mol. The van der Waals surface area contributed by atoms with Crippen molar-refractivity contribution >= 4 is 39.4 Å². The SMILES string of the molecule is CC(=O)NCc1ccc(-c2csc(NNc3ccccc3)n2)s1. The summed E-state index contributed by atoms with van der Waals surface area (Å²) in [5.74, 6) is -0.0212. The van der Waals surface area contributed by atoms with Crippen molar-refractivity contribution in [1.29, 1.82) is 0 Å². The van der Waals surface area contributed by atoms with E-state index in [1.54, 1.807) is 22.7 Å². The van der Waals surface area contributed by atoms with Crippen molar-refractivity contribution in [3.63, 3.8) is 0 Å². The number of rotatable bonds is 6. The van der Waals surface area contributed by atoms with Crippen molar-refractivity contribution in [2.45, 2.75) is 13.5 Å². The molecule has 0 spiro atoms. The van der Waals surface area contributed by atoms with Crippen LogP contribution in [0.25, 0.3) is 10.6 Å². The molecule has 118 valence electrons. The zero-order chi connectivity index (χ0) is 16.1. The number of para-hydroxylation sites is 1. The molecule has 0 atom stereocenters. The number of carbonyl (C=O) groups excluding carboxylic acids is 1. The summed E-state index contributed by atoms with van der Waals surface area (Å²) in [7, 11) is 0. The fourth-order valence-electron chi connectivity index (χ4n) is 1.91. The molecule has 0 saturated carbocycles. The van der Waals surface area contributed by atoms with E-state index in [0.29, 0.717) is 6.54 Å². The van der Waals surface area contributed by atoms with Crippen LogP contribution in [0, 0.1) is 0 Å². The molecule has 2 aromatic heterocycles. The molecule has 0 bridgehead atoms. The van der Waals surface area contributed by atoms with Crippen LogP contribution in [-0.4, -0.2) is 10.9 Å². The highest BCUT2D eigenvalue weighted by Crippen LogP contribution is 2.30. The number of aromatic nitrogens is 1. The van der Waals surface area contributed by atoms with Crippen LogP contribution in [0.5, 0.6) is 0 Å². The number of carbonyl (C=O) groups is 1. The summed E-state index contributed by atoms with van der Waals surface area (Å²) in [5, 5.41) is 5.62. The molecule has 0 aliphatic carbocycles. The summed E-state index contributed by atoms with van der Waals surface area (Å²) >= 11 is 3.18. The predicted octanol–water partition coefficient (Wildman–Crippen LogP) is 3.95. The molecule has 3 aromatic rings. The number of thiophene rings is 1. The number of amides is 1. The molecule has 0 unspecified atom stereocenters. The summed E-state index contributed by atoms with van der Waals surface area (Å²) in [5.41, 5.74) is 8.14. The first-order valence-corrected chi connectivity index (χ1v) is 8.76.